The van der Waals surface area contributed by atoms with E-state index in [-0.39, 0.29) is 10.6 Å². The molecule has 0 unspecified atom stereocenters. The van der Waals surface area contributed by atoms with Crippen LogP contribution in [0.4, 0.5) is 5.69 Å². The molecular weight excluding hydrogens is 410 g/mol. The first-order chi connectivity index (χ1) is 14.0. The van der Waals surface area contributed by atoms with Crippen molar-refractivity contribution in [3.63, 3.8) is 0 Å². The quantitative estimate of drug-likeness (QED) is 0.455. The lowest BCUT2D eigenvalue weighted by molar-refractivity contribution is -0.139. The van der Waals surface area contributed by atoms with Gasteiger partial charge in [-0.2, -0.15) is 0 Å². The van der Waals surface area contributed by atoms with Gasteiger partial charge >= 0.3 is 11.9 Å². The Morgan fingerprint density at radius 1 is 1.14 bits per heavy atom. The van der Waals surface area contributed by atoms with Gasteiger partial charge in [0.05, 0.1) is 9.40 Å². The number of thiophene rings is 2. The van der Waals surface area contributed by atoms with Gasteiger partial charge in [-0.3, -0.25) is 0 Å². The Balaban J connectivity index is 1.67. The number of hydrogen-bond donors (Lipinski definition) is 3. The lowest BCUT2D eigenvalue weighted by Crippen LogP contribution is -2.22. The van der Waals surface area contributed by atoms with Crippen LogP contribution < -0.4 is 10.1 Å². The topological polar surface area (TPSA) is 95.9 Å². The molecule has 8 heteroatoms. The first-order valence-electron chi connectivity index (χ1n) is 9.52. The zero-order valence-corrected chi connectivity index (χ0v) is 17.3. The summed E-state index contributed by atoms with van der Waals surface area (Å²) >= 11 is 2.50. The third kappa shape index (κ3) is 4.23. The van der Waals surface area contributed by atoms with E-state index in [4.69, 9.17) is 9.84 Å². The molecule has 1 saturated carbocycles. The van der Waals surface area contributed by atoms with Crippen molar-refractivity contribution < 1.29 is 24.5 Å². The summed E-state index contributed by atoms with van der Waals surface area (Å²) in [6.45, 7) is -0.569. The summed E-state index contributed by atoms with van der Waals surface area (Å²) in [5, 5.41) is 24.0. The van der Waals surface area contributed by atoms with Gasteiger partial charge in [-0.1, -0.05) is 31.4 Å². The first kappa shape index (κ1) is 19.7. The minimum Gasteiger partial charge on any atom is -0.479 e. The van der Waals surface area contributed by atoms with Gasteiger partial charge in [0.15, 0.2) is 17.2 Å². The van der Waals surface area contributed by atoms with Crippen LogP contribution in [-0.2, 0) is 4.79 Å². The number of benzene rings is 1. The largest absolute Gasteiger partial charge is 0.479 e. The number of ether oxygens (including phenoxy) is 1. The minimum absolute atomic E-state index is 0.0332. The summed E-state index contributed by atoms with van der Waals surface area (Å²) in [6, 6.07) is 8.65. The molecule has 3 N–H and O–H groups in total. The number of aromatic carboxylic acids is 1. The number of anilines is 1. The van der Waals surface area contributed by atoms with Crippen LogP contribution in [-0.4, -0.2) is 34.8 Å². The van der Waals surface area contributed by atoms with Crippen molar-refractivity contribution in [3.8, 4) is 16.9 Å². The fourth-order valence-electron chi connectivity index (χ4n) is 3.72. The number of hydrogen-bond acceptors (Lipinski definition) is 6. The van der Waals surface area contributed by atoms with Crippen LogP contribution in [0.1, 0.15) is 41.8 Å². The molecule has 1 aliphatic carbocycles. The second-order valence-electron chi connectivity index (χ2n) is 7.12. The molecule has 0 radical (unpaired) electrons. The summed E-state index contributed by atoms with van der Waals surface area (Å²) in [5.41, 5.74) is 3.00. The third-order valence-electron chi connectivity index (χ3n) is 5.05. The molecule has 0 saturated heterocycles. The second-order valence-corrected chi connectivity index (χ2v) is 9.02. The maximum absolute atomic E-state index is 11.6. The van der Waals surface area contributed by atoms with E-state index in [0.29, 0.717) is 10.7 Å². The number of carboxylic acids is 2. The molecule has 2 heterocycles. The predicted molar refractivity (Wildman–Crippen MR) is 116 cm³/mol. The van der Waals surface area contributed by atoms with Crippen molar-refractivity contribution in [1.82, 2.24) is 0 Å². The number of nitrogens with one attached hydrogen (secondary N) is 1. The van der Waals surface area contributed by atoms with E-state index in [1.165, 1.54) is 43.4 Å². The molecule has 1 fully saturated rings. The Labute approximate surface area is 175 Å². The molecule has 4 rings (SSSR count). The van der Waals surface area contributed by atoms with E-state index in [1.807, 2.05) is 17.5 Å². The van der Waals surface area contributed by atoms with E-state index in [1.54, 1.807) is 0 Å². The maximum atomic E-state index is 11.6. The lowest BCUT2D eigenvalue weighted by atomic mass is 9.95. The summed E-state index contributed by atoms with van der Waals surface area (Å²) in [5.74, 6) is -2.11. The van der Waals surface area contributed by atoms with Crippen molar-refractivity contribution in [2.75, 3.05) is 11.9 Å². The van der Waals surface area contributed by atoms with Crippen LogP contribution in [0.3, 0.4) is 0 Å². The van der Waals surface area contributed by atoms with E-state index >= 15 is 0 Å². The van der Waals surface area contributed by atoms with Crippen LogP contribution in [0.5, 0.6) is 5.75 Å². The van der Waals surface area contributed by atoms with E-state index in [2.05, 4.69) is 17.4 Å². The minimum atomic E-state index is -1.14. The lowest BCUT2D eigenvalue weighted by Gasteiger charge is -2.24. The van der Waals surface area contributed by atoms with E-state index < -0.39 is 18.5 Å². The van der Waals surface area contributed by atoms with Crippen LogP contribution in [0.25, 0.3) is 20.5 Å². The normalized spacial score (nSPS) is 14.8. The first-order valence-corrected chi connectivity index (χ1v) is 11.2. The highest BCUT2D eigenvalue weighted by Gasteiger charge is 2.24. The van der Waals surface area contributed by atoms with Crippen LogP contribution in [0, 0.1) is 0 Å². The van der Waals surface area contributed by atoms with E-state index in [0.717, 1.165) is 32.9 Å². The highest BCUT2D eigenvalue weighted by atomic mass is 32.1. The SMILES string of the molecule is O=C(O)COc1c(C(=O)O)sc2c(-c3cccc(NC4CCCCC4)c3)csc12. The Morgan fingerprint density at radius 3 is 2.66 bits per heavy atom. The zero-order chi connectivity index (χ0) is 20.4. The Bertz CT molecular complexity index is 1050. The van der Waals surface area contributed by atoms with Crippen molar-refractivity contribution in [2.45, 2.75) is 38.1 Å². The molecule has 152 valence electrons. The molecule has 0 spiro atoms. The average molecular weight is 432 g/mol. The van der Waals surface area contributed by atoms with Gasteiger partial charge in [0.1, 0.15) is 0 Å². The molecule has 3 aromatic rings. The van der Waals surface area contributed by atoms with Gasteiger partial charge in [-0.25, -0.2) is 9.59 Å². The van der Waals surface area contributed by atoms with Crippen molar-refractivity contribution in [1.29, 1.82) is 0 Å². The Kier molecular flexibility index (Phi) is 5.73. The summed E-state index contributed by atoms with van der Waals surface area (Å²) < 4.78 is 6.80. The smallest absolute Gasteiger partial charge is 0.349 e. The number of rotatable bonds is 7. The Hall–Kier alpha value is -2.58. The van der Waals surface area contributed by atoms with E-state index in [9.17, 15) is 14.7 Å². The highest BCUT2D eigenvalue weighted by molar-refractivity contribution is 7.29. The molecule has 0 amide bonds. The highest BCUT2D eigenvalue weighted by Crippen LogP contribution is 2.47. The molecule has 0 atom stereocenters. The van der Waals surface area contributed by atoms with Gasteiger partial charge < -0.3 is 20.3 Å². The van der Waals surface area contributed by atoms with Crippen LogP contribution >= 0.6 is 22.7 Å². The van der Waals surface area contributed by atoms with Gasteiger partial charge in [-0.15, -0.1) is 22.7 Å². The van der Waals surface area contributed by atoms with Crippen LogP contribution in [0.2, 0.25) is 0 Å². The Morgan fingerprint density at radius 2 is 1.93 bits per heavy atom. The molecule has 1 aliphatic rings. The molecule has 1 aromatic carbocycles. The van der Waals surface area contributed by atoms with Gasteiger partial charge in [0, 0.05) is 22.7 Å². The molecule has 0 aliphatic heterocycles. The molecule has 0 bridgehead atoms. The maximum Gasteiger partial charge on any atom is 0.349 e. The fourth-order valence-corrected chi connectivity index (χ4v) is 6.12. The molecule has 29 heavy (non-hydrogen) atoms. The fraction of sp³-hybridized carbons (Fsp3) is 0.333. The average Bonchev–Trinajstić information content (AvgIpc) is 3.27. The van der Waals surface area contributed by atoms with Gasteiger partial charge in [-0.05, 0) is 30.5 Å². The standard InChI is InChI=1S/C21H21NO5S2/c23-16(24)10-27-17-19-18(29-20(17)21(25)26)15(11-28-19)12-5-4-8-14(9-12)22-13-6-2-1-3-7-13/h4-5,8-9,11,13,22H,1-3,6-7,10H2,(H,23,24)(H,25,26). The zero-order valence-electron chi connectivity index (χ0n) is 15.6. The summed E-state index contributed by atoms with van der Waals surface area (Å²) in [4.78, 5) is 22.5. The summed E-state index contributed by atoms with van der Waals surface area (Å²) in [6.07, 6.45) is 6.19. The van der Waals surface area contributed by atoms with Crippen LogP contribution in [0.15, 0.2) is 29.6 Å². The number of carbonyl (C=O) groups is 2. The van der Waals surface area contributed by atoms with Crippen molar-refractivity contribution >= 4 is 49.7 Å². The number of fused-ring (bicyclic) bond motifs is 1. The molecular formula is C21H21NO5S2. The van der Waals surface area contributed by atoms with Crippen molar-refractivity contribution in [2.24, 2.45) is 0 Å². The second kappa shape index (κ2) is 8.42. The van der Waals surface area contributed by atoms with Gasteiger partial charge in [0.2, 0.25) is 0 Å². The predicted octanol–water partition coefficient (Wildman–Crippen LogP) is 5.54. The molecule has 6 nitrogen and oxygen atoms in total. The summed E-state index contributed by atoms with van der Waals surface area (Å²) in [7, 11) is 0. The number of aliphatic carboxylic acids is 1. The van der Waals surface area contributed by atoms with Crippen molar-refractivity contribution in [3.05, 3.63) is 34.5 Å². The third-order valence-corrected chi connectivity index (χ3v) is 7.35. The number of carboxylic acid groups (broad SMARTS) is 2. The van der Waals surface area contributed by atoms with Gasteiger partial charge in [0.25, 0.3) is 0 Å². The molecule has 2 aromatic heterocycles. The monoisotopic (exact) mass is 431 g/mol.